The summed E-state index contributed by atoms with van der Waals surface area (Å²) in [7, 11) is 0. The summed E-state index contributed by atoms with van der Waals surface area (Å²) in [5.41, 5.74) is 8.20. The first-order valence-corrected chi connectivity index (χ1v) is 10.6. The van der Waals surface area contributed by atoms with Crippen molar-refractivity contribution in [3.05, 3.63) is 78.0 Å². The molecule has 0 bridgehead atoms. The van der Waals surface area contributed by atoms with Crippen molar-refractivity contribution in [2.45, 2.75) is 25.4 Å². The van der Waals surface area contributed by atoms with Gasteiger partial charge in [0.1, 0.15) is 23.3 Å². The Morgan fingerprint density at radius 3 is 2.47 bits per heavy atom. The summed E-state index contributed by atoms with van der Waals surface area (Å²) < 4.78 is 69.0. The van der Waals surface area contributed by atoms with Crippen LogP contribution < -0.4 is 5.73 Å². The van der Waals surface area contributed by atoms with E-state index in [1.54, 1.807) is 6.07 Å². The molecule has 1 aromatic carbocycles. The lowest BCUT2D eigenvalue weighted by Crippen LogP contribution is -2.10. The normalized spacial score (nSPS) is 12.8. The van der Waals surface area contributed by atoms with Crippen LogP contribution in [-0.2, 0) is 6.18 Å². The van der Waals surface area contributed by atoms with E-state index in [2.05, 4.69) is 30.4 Å². The molecule has 184 valence electrons. The van der Waals surface area contributed by atoms with Gasteiger partial charge in [0.25, 0.3) is 0 Å². The zero-order valence-corrected chi connectivity index (χ0v) is 18.4. The van der Waals surface area contributed by atoms with E-state index in [4.69, 9.17) is 5.73 Å². The van der Waals surface area contributed by atoms with Crippen LogP contribution in [0.3, 0.4) is 0 Å². The first-order chi connectivity index (χ1) is 17.2. The first-order valence-electron chi connectivity index (χ1n) is 10.6. The Kier molecular flexibility index (Phi) is 5.57. The molecule has 4 heterocycles. The van der Waals surface area contributed by atoms with Crippen LogP contribution in [0.4, 0.5) is 27.8 Å². The number of benzene rings is 1. The molecule has 0 fully saturated rings. The van der Waals surface area contributed by atoms with Crippen molar-refractivity contribution in [2.24, 2.45) is 0 Å². The highest BCUT2D eigenvalue weighted by atomic mass is 19.4. The fourth-order valence-corrected chi connectivity index (χ4v) is 3.97. The largest absolute Gasteiger partial charge is 0.451 e. The molecule has 0 radical (unpaired) electrons. The molecule has 4 aromatic heterocycles. The minimum Gasteiger partial charge on any atom is -0.382 e. The number of nitrogens with two attached hydrogens (primary N) is 1. The third-order valence-corrected chi connectivity index (χ3v) is 5.62. The van der Waals surface area contributed by atoms with E-state index in [0.717, 1.165) is 24.5 Å². The fourth-order valence-electron chi connectivity index (χ4n) is 3.97. The molecule has 0 aliphatic heterocycles. The molecule has 0 amide bonds. The first kappa shape index (κ1) is 23.3. The average molecular weight is 501 g/mol. The van der Waals surface area contributed by atoms with Crippen LogP contribution in [0.25, 0.3) is 22.3 Å². The van der Waals surface area contributed by atoms with Crippen LogP contribution in [-0.4, -0.2) is 39.6 Å². The summed E-state index contributed by atoms with van der Waals surface area (Å²) in [4.78, 5) is 10.9. The highest BCUT2D eigenvalue weighted by molar-refractivity contribution is 5.88. The van der Waals surface area contributed by atoms with Gasteiger partial charge in [-0.3, -0.25) is 0 Å². The van der Waals surface area contributed by atoms with E-state index in [9.17, 15) is 22.0 Å². The lowest BCUT2D eigenvalue weighted by atomic mass is 9.98. The zero-order chi connectivity index (χ0) is 25.6. The maximum absolute atomic E-state index is 14.3. The Balaban J connectivity index is 1.61. The Morgan fingerprint density at radius 2 is 1.81 bits per heavy atom. The van der Waals surface area contributed by atoms with Gasteiger partial charge in [-0.25, -0.2) is 32.9 Å². The topological polar surface area (TPSA) is 113 Å². The van der Waals surface area contributed by atoms with Gasteiger partial charge in [-0.2, -0.15) is 18.3 Å². The number of hydrogen-bond donors (Lipinski definition) is 1. The van der Waals surface area contributed by atoms with E-state index in [1.807, 2.05) is 6.92 Å². The summed E-state index contributed by atoms with van der Waals surface area (Å²) in [6, 6.07) is 4.79. The minimum absolute atomic E-state index is 0.0131. The van der Waals surface area contributed by atoms with Gasteiger partial charge in [0.2, 0.25) is 5.82 Å². The summed E-state index contributed by atoms with van der Waals surface area (Å²) in [5, 5.41) is 12.4. The van der Waals surface area contributed by atoms with Crippen LogP contribution in [0.5, 0.6) is 0 Å². The van der Waals surface area contributed by atoms with E-state index in [0.29, 0.717) is 28.9 Å². The Labute approximate surface area is 199 Å². The van der Waals surface area contributed by atoms with Gasteiger partial charge in [-0.1, -0.05) is 12.1 Å². The summed E-state index contributed by atoms with van der Waals surface area (Å²) in [5.74, 6) is -3.13. The molecule has 0 aliphatic carbocycles. The zero-order valence-electron chi connectivity index (χ0n) is 18.4. The minimum atomic E-state index is -4.68. The molecule has 5 rings (SSSR count). The quantitative estimate of drug-likeness (QED) is 0.360. The lowest BCUT2D eigenvalue weighted by Gasteiger charge is -2.11. The van der Waals surface area contributed by atoms with Gasteiger partial charge >= 0.3 is 6.18 Å². The number of nitrogen functional groups attached to an aromatic ring is 1. The highest BCUT2D eigenvalue weighted by Gasteiger charge is 2.34. The number of rotatable bonds is 5. The molecule has 0 saturated heterocycles. The smallest absolute Gasteiger partial charge is 0.382 e. The van der Waals surface area contributed by atoms with Crippen LogP contribution >= 0.6 is 0 Å². The van der Waals surface area contributed by atoms with Gasteiger partial charge in [-0.15, -0.1) is 5.10 Å². The lowest BCUT2D eigenvalue weighted by molar-refractivity contribution is -0.144. The molecule has 0 saturated carbocycles. The predicted octanol–water partition coefficient (Wildman–Crippen LogP) is 4.19. The second-order valence-corrected chi connectivity index (χ2v) is 7.83. The standard InChI is InChI=1S/C22H16F5N9/c1-2-13(16-9-35(34-33-16)17-4-3-12(23)5-15(17)24)18-6-14(19-20(28)31-10-32-36(18)19)11-7-29-21(30-8-11)22(25,26)27/h3-10,13H,2H2,1H3,(H2,28,31,32). The van der Waals surface area contributed by atoms with Crippen molar-refractivity contribution >= 4 is 11.3 Å². The summed E-state index contributed by atoms with van der Waals surface area (Å²) in [6.45, 7) is 1.88. The second-order valence-electron chi connectivity index (χ2n) is 7.83. The number of aromatic nitrogens is 8. The Hall–Kier alpha value is -4.49. The maximum Gasteiger partial charge on any atom is 0.451 e. The number of anilines is 1. The Bertz CT molecular complexity index is 1560. The van der Waals surface area contributed by atoms with Crippen molar-refractivity contribution in [3.63, 3.8) is 0 Å². The van der Waals surface area contributed by atoms with Crippen LogP contribution in [0, 0.1) is 11.6 Å². The molecule has 36 heavy (non-hydrogen) atoms. The Morgan fingerprint density at radius 1 is 1.06 bits per heavy atom. The van der Waals surface area contributed by atoms with Gasteiger partial charge in [-0.05, 0) is 24.6 Å². The molecule has 14 heteroatoms. The highest BCUT2D eigenvalue weighted by Crippen LogP contribution is 2.36. The van der Waals surface area contributed by atoms with Gasteiger partial charge in [0, 0.05) is 35.5 Å². The average Bonchev–Trinajstić information content (AvgIpc) is 3.46. The second kappa shape index (κ2) is 8.62. The van der Waals surface area contributed by atoms with Crippen molar-refractivity contribution in [1.82, 2.24) is 39.6 Å². The van der Waals surface area contributed by atoms with Gasteiger partial charge < -0.3 is 5.73 Å². The molecule has 0 spiro atoms. The third-order valence-electron chi connectivity index (χ3n) is 5.62. The SMILES string of the molecule is CCC(c1cn(-c2ccc(F)cc2F)nn1)c1cc(-c2cnc(C(F)(F)F)nc2)c2c(N)ncnn12. The molecule has 1 unspecified atom stereocenters. The van der Waals surface area contributed by atoms with Crippen molar-refractivity contribution in [3.8, 4) is 16.8 Å². The van der Waals surface area contributed by atoms with E-state index >= 15 is 0 Å². The number of hydrogen-bond acceptors (Lipinski definition) is 7. The predicted molar refractivity (Wildman–Crippen MR) is 117 cm³/mol. The van der Waals surface area contributed by atoms with E-state index in [-0.39, 0.29) is 17.1 Å². The number of halogens is 5. The monoisotopic (exact) mass is 501 g/mol. The van der Waals surface area contributed by atoms with Crippen LogP contribution in [0.1, 0.15) is 36.5 Å². The van der Waals surface area contributed by atoms with Crippen molar-refractivity contribution in [2.75, 3.05) is 5.73 Å². The van der Waals surface area contributed by atoms with Gasteiger partial charge in [0.05, 0.1) is 17.6 Å². The molecule has 1 atom stereocenters. The molecule has 0 aliphatic rings. The number of fused-ring (bicyclic) bond motifs is 1. The van der Waals surface area contributed by atoms with Crippen molar-refractivity contribution in [1.29, 1.82) is 0 Å². The molecular weight excluding hydrogens is 485 g/mol. The summed E-state index contributed by atoms with van der Waals surface area (Å²) >= 11 is 0. The number of alkyl halides is 3. The fraction of sp³-hybridized carbons (Fsp3) is 0.182. The molecule has 2 N–H and O–H groups in total. The van der Waals surface area contributed by atoms with E-state index in [1.165, 1.54) is 27.8 Å². The van der Waals surface area contributed by atoms with Crippen LogP contribution in [0.2, 0.25) is 0 Å². The van der Waals surface area contributed by atoms with Gasteiger partial charge in [0.15, 0.2) is 11.6 Å². The maximum atomic E-state index is 14.3. The number of nitrogens with zero attached hydrogens (tertiary/aromatic N) is 8. The molecule has 5 aromatic rings. The van der Waals surface area contributed by atoms with Crippen LogP contribution in [0.15, 0.2) is 49.2 Å². The molecule has 9 nitrogen and oxygen atoms in total. The third kappa shape index (κ3) is 3.99. The van der Waals surface area contributed by atoms with Crippen molar-refractivity contribution < 1.29 is 22.0 Å². The molecular formula is C22H16F5N9. The van der Waals surface area contributed by atoms with E-state index < -0.39 is 29.6 Å². The summed E-state index contributed by atoms with van der Waals surface area (Å²) in [6.07, 6.45) is 0.679.